The van der Waals surface area contributed by atoms with Crippen molar-refractivity contribution in [3.8, 4) is 5.75 Å². The van der Waals surface area contributed by atoms with Gasteiger partial charge in [0, 0.05) is 16.8 Å². The van der Waals surface area contributed by atoms with E-state index in [-0.39, 0.29) is 4.90 Å². The smallest absolute Gasteiger partial charge is 0.242 e. The Morgan fingerprint density at radius 1 is 1.17 bits per heavy atom. The second kappa shape index (κ2) is 7.65. The lowest BCUT2D eigenvalue weighted by molar-refractivity contribution is -0.117. The molecular formula is C16H17ClN2O4S. The Hall–Kier alpha value is -2.09. The molecule has 0 unspecified atom stereocenters. The van der Waals surface area contributed by atoms with Crippen LogP contribution >= 0.6 is 11.6 Å². The fourth-order valence-corrected chi connectivity index (χ4v) is 3.25. The lowest BCUT2D eigenvalue weighted by Gasteiger charge is -2.15. The normalized spacial score (nSPS) is 12.5. The van der Waals surface area contributed by atoms with Gasteiger partial charge in [-0.15, -0.1) is 0 Å². The molecule has 2 aromatic rings. The van der Waals surface area contributed by atoms with Crippen molar-refractivity contribution in [1.82, 2.24) is 4.72 Å². The maximum Gasteiger partial charge on any atom is 0.242 e. The molecule has 0 heterocycles. The average Bonchev–Trinajstić information content (AvgIpc) is 2.55. The van der Waals surface area contributed by atoms with Gasteiger partial charge in [0.1, 0.15) is 5.75 Å². The Balaban J connectivity index is 2.06. The van der Waals surface area contributed by atoms with Crippen molar-refractivity contribution in [3.05, 3.63) is 53.6 Å². The molecule has 0 aliphatic carbocycles. The molecule has 1 atom stereocenters. The lowest BCUT2D eigenvalue weighted by Crippen LogP contribution is -2.41. The lowest BCUT2D eigenvalue weighted by atomic mass is 10.2. The zero-order valence-corrected chi connectivity index (χ0v) is 14.7. The number of amides is 1. The van der Waals surface area contributed by atoms with Crippen LogP contribution < -0.4 is 14.8 Å². The molecule has 0 spiro atoms. The summed E-state index contributed by atoms with van der Waals surface area (Å²) in [4.78, 5) is 12.2. The molecule has 0 aliphatic rings. The van der Waals surface area contributed by atoms with Crippen molar-refractivity contribution in [3.63, 3.8) is 0 Å². The number of benzene rings is 2. The van der Waals surface area contributed by atoms with Gasteiger partial charge in [0.2, 0.25) is 15.9 Å². The SMILES string of the molecule is COc1cccc(NC(=O)[C@@H](C)NS(=O)(=O)c2ccc(Cl)cc2)c1. The summed E-state index contributed by atoms with van der Waals surface area (Å²) in [6.45, 7) is 1.46. The van der Waals surface area contributed by atoms with Crippen LogP contribution in [0.4, 0.5) is 5.69 Å². The Bertz CT molecular complexity index is 822. The highest BCUT2D eigenvalue weighted by Crippen LogP contribution is 2.17. The first-order valence-electron chi connectivity index (χ1n) is 7.04. The standard InChI is InChI=1S/C16H17ClN2O4S/c1-11(16(20)18-13-4-3-5-14(10-13)23-2)19-24(21,22)15-8-6-12(17)7-9-15/h3-11,19H,1-2H3,(H,18,20)/t11-/m1/s1. The van der Waals surface area contributed by atoms with Crippen molar-refractivity contribution in [1.29, 1.82) is 0 Å². The summed E-state index contributed by atoms with van der Waals surface area (Å²) in [5, 5.41) is 3.06. The van der Waals surface area contributed by atoms with Crippen LogP contribution in [-0.2, 0) is 14.8 Å². The monoisotopic (exact) mass is 368 g/mol. The molecular weight excluding hydrogens is 352 g/mol. The molecule has 8 heteroatoms. The number of rotatable bonds is 6. The first kappa shape index (κ1) is 18.3. The molecule has 2 N–H and O–H groups in total. The third-order valence-electron chi connectivity index (χ3n) is 3.19. The van der Waals surface area contributed by atoms with Gasteiger partial charge in [0.05, 0.1) is 18.0 Å². The highest BCUT2D eigenvalue weighted by Gasteiger charge is 2.22. The summed E-state index contributed by atoms with van der Waals surface area (Å²) in [6.07, 6.45) is 0. The Kier molecular flexibility index (Phi) is 5.82. The highest BCUT2D eigenvalue weighted by atomic mass is 35.5. The van der Waals surface area contributed by atoms with E-state index >= 15 is 0 Å². The van der Waals surface area contributed by atoms with E-state index in [0.717, 1.165) is 0 Å². The van der Waals surface area contributed by atoms with Crippen LogP contribution in [0.25, 0.3) is 0 Å². The maximum absolute atomic E-state index is 12.3. The van der Waals surface area contributed by atoms with Gasteiger partial charge in [-0.05, 0) is 43.3 Å². The third kappa shape index (κ3) is 4.70. The summed E-state index contributed by atoms with van der Waals surface area (Å²) in [7, 11) is -2.30. The summed E-state index contributed by atoms with van der Waals surface area (Å²) in [6, 6.07) is 11.5. The van der Waals surface area contributed by atoms with E-state index in [2.05, 4.69) is 10.0 Å². The largest absolute Gasteiger partial charge is 0.497 e. The Morgan fingerprint density at radius 3 is 2.46 bits per heavy atom. The zero-order valence-electron chi connectivity index (χ0n) is 13.1. The molecule has 128 valence electrons. The molecule has 0 fully saturated rings. The van der Waals surface area contributed by atoms with Gasteiger partial charge in [-0.2, -0.15) is 4.72 Å². The van der Waals surface area contributed by atoms with E-state index < -0.39 is 22.0 Å². The molecule has 0 aromatic heterocycles. The van der Waals surface area contributed by atoms with Gasteiger partial charge in [-0.1, -0.05) is 17.7 Å². The van der Waals surface area contributed by atoms with Crippen LogP contribution in [-0.4, -0.2) is 27.5 Å². The van der Waals surface area contributed by atoms with Crippen molar-refractivity contribution >= 4 is 33.2 Å². The quantitative estimate of drug-likeness (QED) is 0.820. The van der Waals surface area contributed by atoms with Crippen molar-refractivity contribution in [2.45, 2.75) is 17.9 Å². The molecule has 2 rings (SSSR count). The minimum absolute atomic E-state index is 0.0351. The fourth-order valence-electron chi connectivity index (χ4n) is 1.92. The number of carbonyl (C=O) groups is 1. The van der Waals surface area contributed by atoms with Gasteiger partial charge in [0.15, 0.2) is 0 Å². The second-order valence-electron chi connectivity index (χ2n) is 5.02. The molecule has 6 nitrogen and oxygen atoms in total. The van der Waals surface area contributed by atoms with Crippen molar-refractivity contribution < 1.29 is 17.9 Å². The molecule has 0 saturated carbocycles. The third-order valence-corrected chi connectivity index (χ3v) is 5.00. The number of nitrogens with one attached hydrogen (secondary N) is 2. The molecule has 2 aromatic carbocycles. The van der Waals surface area contributed by atoms with Crippen LogP contribution in [0.15, 0.2) is 53.4 Å². The average molecular weight is 369 g/mol. The fraction of sp³-hybridized carbons (Fsp3) is 0.188. The van der Waals surface area contributed by atoms with E-state index in [9.17, 15) is 13.2 Å². The number of hydrogen-bond acceptors (Lipinski definition) is 4. The van der Waals surface area contributed by atoms with Gasteiger partial charge >= 0.3 is 0 Å². The zero-order chi connectivity index (χ0) is 17.7. The van der Waals surface area contributed by atoms with Gasteiger partial charge in [0.25, 0.3) is 0 Å². The van der Waals surface area contributed by atoms with E-state index in [1.807, 2.05) is 0 Å². The van der Waals surface area contributed by atoms with Crippen molar-refractivity contribution in [2.24, 2.45) is 0 Å². The van der Waals surface area contributed by atoms with Gasteiger partial charge in [-0.25, -0.2) is 8.42 Å². The highest BCUT2D eigenvalue weighted by molar-refractivity contribution is 7.89. The van der Waals surface area contributed by atoms with Crippen LogP contribution in [0.5, 0.6) is 5.75 Å². The first-order valence-corrected chi connectivity index (χ1v) is 8.91. The molecule has 0 radical (unpaired) electrons. The predicted molar refractivity (Wildman–Crippen MR) is 92.9 cm³/mol. The molecule has 0 bridgehead atoms. The number of halogens is 1. The number of carbonyl (C=O) groups excluding carboxylic acids is 1. The molecule has 0 aliphatic heterocycles. The predicted octanol–water partition coefficient (Wildman–Crippen LogP) is 2.65. The number of methoxy groups -OCH3 is 1. The summed E-state index contributed by atoms with van der Waals surface area (Å²) >= 11 is 5.74. The second-order valence-corrected chi connectivity index (χ2v) is 7.17. The van der Waals surface area contributed by atoms with Crippen LogP contribution in [0.3, 0.4) is 0 Å². The maximum atomic E-state index is 12.3. The van der Waals surface area contributed by atoms with Crippen LogP contribution in [0.1, 0.15) is 6.92 Å². The van der Waals surface area contributed by atoms with Gasteiger partial charge < -0.3 is 10.1 Å². The topological polar surface area (TPSA) is 84.5 Å². The number of ether oxygens (including phenoxy) is 1. The molecule has 1 amide bonds. The summed E-state index contributed by atoms with van der Waals surface area (Å²) < 4.78 is 31.9. The number of hydrogen-bond donors (Lipinski definition) is 2. The molecule has 0 saturated heterocycles. The minimum atomic E-state index is -3.82. The Labute approximate surface area is 145 Å². The van der Waals surface area contributed by atoms with E-state index in [0.29, 0.717) is 16.5 Å². The minimum Gasteiger partial charge on any atom is -0.497 e. The van der Waals surface area contributed by atoms with Gasteiger partial charge in [-0.3, -0.25) is 4.79 Å². The Morgan fingerprint density at radius 2 is 1.83 bits per heavy atom. The first-order chi connectivity index (χ1) is 11.3. The van der Waals surface area contributed by atoms with E-state index in [1.54, 1.807) is 24.3 Å². The van der Waals surface area contributed by atoms with E-state index in [4.69, 9.17) is 16.3 Å². The van der Waals surface area contributed by atoms with E-state index in [1.165, 1.54) is 38.3 Å². The number of anilines is 1. The number of sulfonamides is 1. The summed E-state index contributed by atoms with van der Waals surface area (Å²) in [5.41, 5.74) is 0.511. The van der Waals surface area contributed by atoms with Crippen LogP contribution in [0.2, 0.25) is 5.02 Å². The van der Waals surface area contributed by atoms with Crippen molar-refractivity contribution in [2.75, 3.05) is 12.4 Å². The summed E-state index contributed by atoms with van der Waals surface area (Å²) in [5.74, 6) is 0.1000. The molecule has 24 heavy (non-hydrogen) atoms. The van der Waals surface area contributed by atoms with Crippen LogP contribution in [0, 0.1) is 0 Å².